The van der Waals surface area contributed by atoms with Gasteiger partial charge in [0, 0.05) is 18.1 Å². The van der Waals surface area contributed by atoms with Crippen LogP contribution in [0.4, 0.5) is 5.69 Å². The second-order valence-corrected chi connectivity index (χ2v) is 5.11. The number of phenolic OH excluding ortho intramolecular Hbond substituents is 2. The zero-order valence-electron chi connectivity index (χ0n) is 12.8. The van der Waals surface area contributed by atoms with Crippen molar-refractivity contribution in [1.82, 2.24) is 10.1 Å². The molecule has 1 aromatic heterocycles. The number of aryl methyl sites for hydroxylation is 1. The number of aldehydes is 1. The molecule has 3 rings (SSSR count). The van der Waals surface area contributed by atoms with E-state index in [0.29, 0.717) is 6.29 Å². The van der Waals surface area contributed by atoms with Gasteiger partial charge >= 0.3 is 5.69 Å². The minimum absolute atomic E-state index is 0.0217. The summed E-state index contributed by atoms with van der Waals surface area (Å²) in [6.45, 7) is 1.53. The van der Waals surface area contributed by atoms with Crippen molar-refractivity contribution in [1.29, 1.82) is 0 Å². The van der Waals surface area contributed by atoms with Gasteiger partial charge in [-0.05, 0) is 11.6 Å². The first-order valence-electron chi connectivity index (χ1n) is 7.02. The minimum Gasteiger partial charge on any atom is -0.504 e. The first-order chi connectivity index (χ1) is 11.9. The van der Waals surface area contributed by atoms with Crippen LogP contribution >= 0.6 is 0 Å². The van der Waals surface area contributed by atoms with Crippen LogP contribution in [0.5, 0.6) is 11.5 Å². The van der Waals surface area contributed by atoms with Crippen LogP contribution in [0.15, 0.2) is 34.9 Å². The molecule has 0 amide bonds. The molecule has 126 valence electrons. The molecule has 0 aliphatic rings. The van der Waals surface area contributed by atoms with Gasteiger partial charge in [-0.3, -0.25) is 14.9 Å². The van der Waals surface area contributed by atoms with Gasteiger partial charge in [-0.25, -0.2) is 0 Å². The lowest BCUT2D eigenvalue weighted by molar-refractivity contribution is -0.385. The summed E-state index contributed by atoms with van der Waals surface area (Å²) in [5.41, 5.74) is -0.446. The van der Waals surface area contributed by atoms with Gasteiger partial charge in [-0.2, -0.15) is 4.98 Å². The zero-order chi connectivity index (χ0) is 18.1. The number of nitrogens with zero attached hydrogens (tertiary/aromatic N) is 3. The van der Waals surface area contributed by atoms with Gasteiger partial charge in [0.2, 0.25) is 17.5 Å². The topological polar surface area (TPSA) is 140 Å². The molecule has 0 atom stereocenters. The van der Waals surface area contributed by atoms with E-state index in [9.17, 15) is 25.1 Å². The smallest absolute Gasteiger partial charge is 0.323 e. The zero-order valence-corrected chi connectivity index (χ0v) is 12.8. The summed E-state index contributed by atoms with van der Waals surface area (Å²) in [6.07, 6.45) is 0.536. The largest absolute Gasteiger partial charge is 0.504 e. The Hall–Kier alpha value is -3.75. The Bertz CT molecular complexity index is 996. The number of nitro benzene ring substituents is 1. The highest BCUT2D eigenvalue weighted by Crippen LogP contribution is 2.48. The van der Waals surface area contributed by atoms with Gasteiger partial charge in [-0.1, -0.05) is 29.4 Å². The molecule has 0 unspecified atom stereocenters. The van der Waals surface area contributed by atoms with E-state index in [0.717, 1.165) is 6.07 Å². The molecule has 0 bridgehead atoms. The van der Waals surface area contributed by atoms with Crippen LogP contribution in [-0.4, -0.2) is 31.6 Å². The Morgan fingerprint density at radius 2 is 1.96 bits per heavy atom. The van der Waals surface area contributed by atoms with Gasteiger partial charge in [0.1, 0.15) is 0 Å². The number of rotatable bonds is 4. The fraction of sp³-hybridized carbons (Fsp3) is 0.0625. The van der Waals surface area contributed by atoms with Gasteiger partial charge in [0.05, 0.1) is 10.5 Å². The van der Waals surface area contributed by atoms with Crippen molar-refractivity contribution in [2.24, 2.45) is 0 Å². The van der Waals surface area contributed by atoms with Crippen LogP contribution in [-0.2, 0) is 0 Å². The lowest BCUT2D eigenvalue weighted by Gasteiger charge is -2.12. The van der Waals surface area contributed by atoms with E-state index in [1.807, 2.05) is 0 Å². The molecule has 0 saturated heterocycles. The molecule has 0 aliphatic carbocycles. The third-order valence-electron chi connectivity index (χ3n) is 3.56. The Morgan fingerprint density at radius 1 is 1.24 bits per heavy atom. The predicted molar refractivity (Wildman–Crippen MR) is 85.3 cm³/mol. The van der Waals surface area contributed by atoms with Crippen molar-refractivity contribution in [3.05, 3.63) is 51.9 Å². The first-order valence-corrected chi connectivity index (χ1v) is 7.02. The highest BCUT2D eigenvalue weighted by atomic mass is 16.6. The van der Waals surface area contributed by atoms with Crippen LogP contribution in [0, 0.1) is 17.0 Å². The molecule has 9 heteroatoms. The molecular formula is C16H11N3O6. The highest BCUT2D eigenvalue weighted by Gasteiger charge is 2.31. The number of aromatic nitrogens is 2. The molecule has 0 spiro atoms. The molecule has 0 aliphatic heterocycles. The third-order valence-corrected chi connectivity index (χ3v) is 3.56. The maximum atomic E-state index is 11.5. The minimum atomic E-state index is -0.912. The number of phenols is 2. The van der Waals surface area contributed by atoms with E-state index in [-0.39, 0.29) is 34.0 Å². The fourth-order valence-corrected chi connectivity index (χ4v) is 2.51. The standard InChI is InChI=1S/C16H11N3O6/c1-8-17-16(18-25-8)11-6-12(21)15(22)14(19(23)24)13(11)10-5-3-2-4-9(10)7-20/h2-7,21-22H,1H3. The van der Waals surface area contributed by atoms with Gasteiger partial charge in [0.25, 0.3) is 0 Å². The lowest BCUT2D eigenvalue weighted by Crippen LogP contribution is -1.99. The highest BCUT2D eigenvalue weighted by molar-refractivity contribution is 5.98. The number of aromatic hydroxyl groups is 2. The maximum absolute atomic E-state index is 11.5. The molecular weight excluding hydrogens is 330 g/mol. The van der Waals surface area contributed by atoms with Crippen molar-refractivity contribution in [3.63, 3.8) is 0 Å². The number of hydrogen-bond acceptors (Lipinski definition) is 8. The summed E-state index contributed by atoms with van der Waals surface area (Å²) in [4.78, 5) is 26.1. The van der Waals surface area contributed by atoms with Gasteiger partial charge < -0.3 is 14.7 Å². The molecule has 0 fully saturated rings. The molecule has 0 saturated carbocycles. The molecule has 3 aromatic rings. The van der Waals surface area contributed by atoms with E-state index in [1.165, 1.54) is 19.1 Å². The average Bonchev–Trinajstić information content (AvgIpc) is 3.02. The summed E-state index contributed by atoms with van der Waals surface area (Å²) in [7, 11) is 0. The van der Waals surface area contributed by atoms with E-state index < -0.39 is 22.1 Å². The number of benzene rings is 2. The average molecular weight is 341 g/mol. The molecule has 0 radical (unpaired) electrons. The van der Waals surface area contributed by atoms with E-state index in [1.54, 1.807) is 12.1 Å². The number of carbonyl (C=O) groups excluding carboxylic acids is 1. The van der Waals surface area contributed by atoms with Crippen LogP contribution in [0.25, 0.3) is 22.5 Å². The van der Waals surface area contributed by atoms with Crippen molar-refractivity contribution in [3.8, 4) is 34.0 Å². The van der Waals surface area contributed by atoms with Crippen LogP contribution in [0.3, 0.4) is 0 Å². The van der Waals surface area contributed by atoms with E-state index in [2.05, 4.69) is 10.1 Å². The Labute approximate surface area is 140 Å². The maximum Gasteiger partial charge on any atom is 0.323 e. The second-order valence-electron chi connectivity index (χ2n) is 5.11. The van der Waals surface area contributed by atoms with Crippen LogP contribution in [0.1, 0.15) is 16.2 Å². The van der Waals surface area contributed by atoms with Crippen molar-refractivity contribution in [2.45, 2.75) is 6.92 Å². The van der Waals surface area contributed by atoms with Gasteiger partial charge in [0.15, 0.2) is 12.0 Å². The van der Waals surface area contributed by atoms with E-state index >= 15 is 0 Å². The Morgan fingerprint density at radius 3 is 2.56 bits per heavy atom. The number of nitro groups is 1. The quantitative estimate of drug-likeness (QED) is 0.319. The van der Waals surface area contributed by atoms with Crippen molar-refractivity contribution in [2.75, 3.05) is 0 Å². The van der Waals surface area contributed by atoms with E-state index in [4.69, 9.17) is 4.52 Å². The first kappa shape index (κ1) is 16.1. The van der Waals surface area contributed by atoms with Crippen molar-refractivity contribution < 1.29 is 24.5 Å². The number of hydrogen-bond donors (Lipinski definition) is 2. The lowest BCUT2D eigenvalue weighted by atomic mass is 9.93. The van der Waals surface area contributed by atoms with Gasteiger partial charge in [-0.15, -0.1) is 0 Å². The molecule has 1 heterocycles. The Balaban J connectivity index is 2.48. The summed E-state index contributed by atoms with van der Waals surface area (Å²) in [6, 6.07) is 7.22. The van der Waals surface area contributed by atoms with Crippen LogP contribution < -0.4 is 0 Å². The molecule has 25 heavy (non-hydrogen) atoms. The molecule has 9 nitrogen and oxygen atoms in total. The Kier molecular flexibility index (Phi) is 3.89. The fourth-order valence-electron chi connectivity index (χ4n) is 2.51. The van der Waals surface area contributed by atoms with Crippen molar-refractivity contribution >= 4 is 12.0 Å². The predicted octanol–water partition coefficient (Wildman–Crippen LogP) is 2.84. The SMILES string of the molecule is Cc1nc(-c2cc(O)c(O)c([N+](=O)[O-])c2-c2ccccc2C=O)no1. The number of carbonyl (C=O) groups is 1. The van der Waals surface area contributed by atoms with Crippen LogP contribution in [0.2, 0.25) is 0 Å². The monoisotopic (exact) mass is 341 g/mol. The summed E-state index contributed by atoms with van der Waals surface area (Å²) < 4.78 is 4.89. The normalized spacial score (nSPS) is 10.6. The molecule has 2 N–H and O–H groups in total. The molecule has 2 aromatic carbocycles. The summed E-state index contributed by atoms with van der Waals surface area (Å²) >= 11 is 0. The summed E-state index contributed by atoms with van der Waals surface area (Å²) in [5.74, 6) is -1.44. The second kappa shape index (κ2) is 6.04. The third kappa shape index (κ3) is 2.67. The summed E-state index contributed by atoms with van der Waals surface area (Å²) in [5, 5.41) is 35.1.